The molecule has 0 aromatic carbocycles. The third-order valence-electron chi connectivity index (χ3n) is 4.81. The number of aryl methyl sites for hydroxylation is 1. The Morgan fingerprint density at radius 1 is 1.30 bits per heavy atom. The van der Waals surface area contributed by atoms with Gasteiger partial charge in [0, 0.05) is 32.0 Å². The first kappa shape index (κ1) is 21.5. The van der Waals surface area contributed by atoms with Gasteiger partial charge in [0.1, 0.15) is 12.4 Å². The van der Waals surface area contributed by atoms with E-state index in [9.17, 15) is 5.11 Å². The highest BCUT2D eigenvalue weighted by Gasteiger charge is 2.17. The highest BCUT2D eigenvalue weighted by atomic mass is 127. The van der Waals surface area contributed by atoms with Crippen molar-refractivity contribution in [1.82, 2.24) is 30.4 Å². The molecule has 1 unspecified atom stereocenters. The second-order valence-electron chi connectivity index (χ2n) is 6.69. The molecule has 2 heterocycles. The molecule has 0 saturated heterocycles. The van der Waals surface area contributed by atoms with Crippen molar-refractivity contribution in [2.45, 2.75) is 51.3 Å². The zero-order chi connectivity index (χ0) is 18.4. The first-order valence-electron chi connectivity index (χ1n) is 9.11. The molecular weight excluding hydrogens is 457 g/mol. The Morgan fingerprint density at radius 2 is 2.00 bits per heavy atom. The number of guanidine groups is 1. The summed E-state index contributed by atoms with van der Waals surface area (Å²) in [4.78, 5) is 8.63. The van der Waals surface area contributed by atoms with Gasteiger partial charge in [-0.2, -0.15) is 0 Å². The van der Waals surface area contributed by atoms with Crippen LogP contribution in [-0.4, -0.2) is 43.4 Å². The van der Waals surface area contributed by atoms with Crippen molar-refractivity contribution >= 4 is 29.9 Å². The SMILES string of the molecule is Cc1nnc(CN=C(NCC(O)c2ccncc2)NC2CCCC2)n1C.I. The molecule has 27 heavy (non-hydrogen) atoms. The van der Waals surface area contributed by atoms with Gasteiger partial charge in [-0.25, -0.2) is 4.99 Å². The zero-order valence-electron chi connectivity index (χ0n) is 15.8. The van der Waals surface area contributed by atoms with Gasteiger partial charge in [0.15, 0.2) is 11.8 Å². The Morgan fingerprint density at radius 3 is 2.63 bits per heavy atom. The first-order valence-corrected chi connectivity index (χ1v) is 9.11. The first-order chi connectivity index (χ1) is 12.6. The molecule has 2 aromatic rings. The summed E-state index contributed by atoms with van der Waals surface area (Å²) in [6, 6.07) is 4.06. The summed E-state index contributed by atoms with van der Waals surface area (Å²) < 4.78 is 1.93. The minimum absolute atomic E-state index is 0. The van der Waals surface area contributed by atoms with Gasteiger partial charge in [0.25, 0.3) is 0 Å². The average Bonchev–Trinajstić information content (AvgIpc) is 3.29. The Hall–Kier alpha value is -1.75. The number of hydrogen-bond acceptors (Lipinski definition) is 5. The van der Waals surface area contributed by atoms with Crippen molar-refractivity contribution in [3.05, 3.63) is 41.7 Å². The number of nitrogens with one attached hydrogen (secondary N) is 2. The van der Waals surface area contributed by atoms with Crippen LogP contribution >= 0.6 is 24.0 Å². The predicted molar refractivity (Wildman–Crippen MR) is 115 cm³/mol. The number of rotatable bonds is 6. The lowest BCUT2D eigenvalue weighted by Gasteiger charge is -2.19. The fraction of sp³-hybridized carbons (Fsp3) is 0.556. The maximum Gasteiger partial charge on any atom is 0.192 e. The second-order valence-corrected chi connectivity index (χ2v) is 6.69. The molecule has 0 spiro atoms. The number of hydrogen-bond donors (Lipinski definition) is 3. The molecule has 1 atom stereocenters. The summed E-state index contributed by atoms with van der Waals surface area (Å²) in [5.41, 5.74) is 0.830. The minimum Gasteiger partial charge on any atom is -0.387 e. The third-order valence-corrected chi connectivity index (χ3v) is 4.81. The standard InChI is InChI=1S/C18H27N7O.HI/c1-13-23-24-17(25(13)2)12-21-18(22-15-5-3-4-6-15)20-11-16(26)14-7-9-19-10-8-14;/h7-10,15-16,26H,3-6,11-12H2,1-2H3,(H2,20,21,22);1H. The van der Waals surface area contributed by atoms with E-state index in [1.807, 2.05) is 30.7 Å². The molecule has 0 bridgehead atoms. The van der Waals surface area contributed by atoms with Crippen LogP contribution in [0.3, 0.4) is 0 Å². The quantitative estimate of drug-likeness (QED) is 0.328. The number of aromatic nitrogens is 4. The van der Waals surface area contributed by atoms with Gasteiger partial charge in [-0.1, -0.05) is 12.8 Å². The van der Waals surface area contributed by atoms with Crippen LogP contribution in [0.5, 0.6) is 0 Å². The smallest absolute Gasteiger partial charge is 0.192 e. The monoisotopic (exact) mass is 485 g/mol. The van der Waals surface area contributed by atoms with E-state index in [2.05, 4.69) is 30.8 Å². The van der Waals surface area contributed by atoms with E-state index in [0.717, 1.165) is 30.1 Å². The van der Waals surface area contributed by atoms with E-state index >= 15 is 0 Å². The van der Waals surface area contributed by atoms with Crippen molar-refractivity contribution < 1.29 is 5.11 Å². The maximum atomic E-state index is 10.4. The number of aliphatic hydroxyl groups excluding tert-OH is 1. The molecule has 148 valence electrons. The van der Waals surface area contributed by atoms with Crippen LogP contribution in [0, 0.1) is 6.92 Å². The second kappa shape index (κ2) is 10.5. The number of aliphatic hydroxyl groups is 1. The molecule has 0 radical (unpaired) electrons. The largest absolute Gasteiger partial charge is 0.387 e. The molecule has 3 N–H and O–H groups in total. The molecule has 3 rings (SSSR count). The fourth-order valence-corrected chi connectivity index (χ4v) is 3.05. The average molecular weight is 485 g/mol. The van der Waals surface area contributed by atoms with E-state index in [1.165, 1.54) is 12.8 Å². The molecule has 1 aliphatic rings. The Bertz CT molecular complexity index is 729. The zero-order valence-corrected chi connectivity index (χ0v) is 18.1. The van der Waals surface area contributed by atoms with Gasteiger partial charge in [-0.3, -0.25) is 4.98 Å². The highest BCUT2D eigenvalue weighted by Crippen LogP contribution is 2.17. The Labute approximate surface area is 176 Å². The summed E-state index contributed by atoms with van der Waals surface area (Å²) in [5, 5.41) is 25.3. The summed E-state index contributed by atoms with van der Waals surface area (Å²) in [5.74, 6) is 2.37. The normalized spacial score (nSPS) is 16.0. The van der Waals surface area contributed by atoms with Crippen molar-refractivity contribution in [2.24, 2.45) is 12.0 Å². The minimum atomic E-state index is -0.620. The summed E-state index contributed by atoms with van der Waals surface area (Å²) >= 11 is 0. The van der Waals surface area contributed by atoms with Gasteiger partial charge in [0.05, 0.1) is 6.10 Å². The topological polar surface area (TPSA) is 100 Å². The van der Waals surface area contributed by atoms with Crippen molar-refractivity contribution in [3.63, 3.8) is 0 Å². The van der Waals surface area contributed by atoms with Crippen LogP contribution in [-0.2, 0) is 13.6 Å². The maximum absolute atomic E-state index is 10.4. The highest BCUT2D eigenvalue weighted by molar-refractivity contribution is 14.0. The van der Waals surface area contributed by atoms with E-state index in [-0.39, 0.29) is 24.0 Å². The van der Waals surface area contributed by atoms with E-state index in [1.54, 1.807) is 12.4 Å². The number of nitrogens with zero attached hydrogens (tertiary/aromatic N) is 5. The van der Waals surface area contributed by atoms with E-state index in [4.69, 9.17) is 0 Å². The van der Waals surface area contributed by atoms with E-state index < -0.39 is 6.10 Å². The molecule has 9 heteroatoms. The number of aliphatic imine (C=N–C) groups is 1. The van der Waals surface area contributed by atoms with Crippen molar-refractivity contribution in [2.75, 3.05) is 6.54 Å². The molecular formula is C18H28IN7O. The molecule has 2 aromatic heterocycles. The Kier molecular flexibility index (Phi) is 8.42. The third kappa shape index (κ3) is 6.13. The molecule has 1 aliphatic carbocycles. The van der Waals surface area contributed by atoms with E-state index in [0.29, 0.717) is 25.1 Å². The summed E-state index contributed by atoms with van der Waals surface area (Å²) in [6.07, 6.45) is 7.53. The van der Waals surface area contributed by atoms with Gasteiger partial charge < -0.3 is 20.3 Å². The molecule has 1 fully saturated rings. The number of pyridine rings is 1. The van der Waals surface area contributed by atoms with Gasteiger partial charge in [-0.05, 0) is 37.5 Å². The van der Waals surface area contributed by atoms with Gasteiger partial charge in [-0.15, -0.1) is 34.2 Å². The van der Waals surface area contributed by atoms with Crippen LogP contribution in [0.1, 0.15) is 49.0 Å². The van der Waals surface area contributed by atoms with Crippen molar-refractivity contribution in [1.29, 1.82) is 0 Å². The lowest BCUT2D eigenvalue weighted by molar-refractivity contribution is 0.180. The van der Waals surface area contributed by atoms with Crippen LogP contribution in [0.25, 0.3) is 0 Å². The number of halogens is 1. The van der Waals surface area contributed by atoms with Crippen LogP contribution in [0.2, 0.25) is 0 Å². The molecule has 0 amide bonds. The lowest BCUT2D eigenvalue weighted by Crippen LogP contribution is -2.43. The molecule has 0 aliphatic heterocycles. The lowest BCUT2D eigenvalue weighted by atomic mass is 10.1. The van der Waals surface area contributed by atoms with Gasteiger partial charge in [0.2, 0.25) is 0 Å². The Balaban J connectivity index is 0.00000261. The van der Waals surface area contributed by atoms with Crippen LogP contribution in [0.15, 0.2) is 29.5 Å². The summed E-state index contributed by atoms with van der Waals surface area (Å²) in [6.45, 7) is 2.73. The molecule has 1 saturated carbocycles. The van der Waals surface area contributed by atoms with Crippen molar-refractivity contribution in [3.8, 4) is 0 Å². The van der Waals surface area contributed by atoms with Gasteiger partial charge >= 0.3 is 0 Å². The van der Waals surface area contributed by atoms with Crippen LogP contribution in [0.4, 0.5) is 0 Å². The molecule has 8 nitrogen and oxygen atoms in total. The fourth-order valence-electron chi connectivity index (χ4n) is 3.05. The summed E-state index contributed by atoms with van der Waals surface area (Å²) in [7, 11) is 1.94. The van der Waals surface area contributed by atoms with Crippen LogP contribution < -0.4 is 10.6 Å². The predicted octanol–water partition coefficient (Wildman–Crippen LogP) is 1.85.